The van der Waals surface area contributed by atoms with Crippen LogP contribution in [0.25, 0.3) is 0 Å². The molecule has 0 aliphatic heterocycles. The number of pyridine rings is 1. The minimum atomic E-state index is -1.10. The number of aromatic nitrogens is 1. The average Bonchev–Trinajstić information content (AvgIpc) is 2.88. The summed E-state index contributed by atoms with van der Waals surface area (Å²) in [5.74, 6) is -0.953. The van der Waals surface area contributed by atoms with Gasteiger partial charge in [-0.25, -0.2) is 9.59 Å². The van der Waals surface area contributed by atoms with Gasteiger partial charge in [-0.1, -0.05) is 12.8 Å². The molecular weight excluding hydrogens is 258 g/mol. The fourth-order valence-electron chi connectivity index (χ4n) is 2.51. The number of carboxylic acid groups (broad SMARTS) is 1. The molecule has 1 aromatic rings. The first kappa shape index (κ1) is 14.3. The molecule has 1 heterocycles. The number of hydrogen-bond donors (Lipinski definition) is 3. The minimum Gasteiger partial charge on any atom is -0.480 e. The lowest BCUT2D eigenvalue weighted by atomic mass is 9.98. The Morgan fingerprint density at radius 1 is 1.40 bits per heavy atom. The van der Waals surface area contributed by atoms with Gasteiger partial charge in [-0.2, -0.15) is 0 Å². The van der Waals surface area contributed by atoms with Gasteiger partial charge in [-0.15, -0.1) is 0 Å². The van der Waals surface area contributed by atoms with Crippen LogP contribution in [-0.2, 0) is 11.3 Å². The van der Waals surface area contributed by atoms with Gasteiger partial charge in [0.2, 0.25) is 0 Å². The molecule has 3 N–H and O–H groups in total. The number of rotatable bonds is 4. The maximum Gasteiger partial charge on any atom is 0.329 e. The first-order valence-electron chi connectivity index (χ1n) is 6.72. The van der Waals surface area contributed by atoms with Crippen LogP contribution >= 0.6 is 0 Å². The monoisotopic (exact) mass is 277 g/mol. The van der Waals surface area contributed by atoms with Crippen molar-refractivity contribution in [3.8, 4) is 0 Å². The van der Waals surface area contributed by atoms with Crippen LogP contribution < -0.4 is 10.6 Å². The Morgan fingerprint density at radius 3 is 2.70 bits per heavy atom. The van der Waals surface area contributed by atoms with Gasteiger partial charge < -0.3 is 15.7 Å². The lowest BCUT2D eigenvalue weighted by molar-refractivity contribution is -0.144. The average molecular weight is 277 g/mol. The van der Waals surface area contributed by atoms with Gasteiger partial charge in [0.1, 0.15) is 5.54 Å². The molecule has 0 bridgehead atoms. The number of aliphatic carboxylic acids is 1. The van der Waals surface area contributed by atoms with Crippen LogP contribution in [0.1, 0.15) is 36.8 Å². The maximum absolute atomic E-state index is 11.9. The van der Waals surface area contributed by atoms with E-state index in [-0.39, 0.29) is 0 Å². The molecule has 0 unspecified atom stereocenters. The zero-order valence-corrected chi connectivity index (χ0v) is 11.5. The molecule has 1 aliphatic carbocycles. The molecule has 0 spiro atoms. The molecule has 1 saturated carbocycles. The van der Waals surface area contributed by atoms with E-state index in [0.29, 0.717) is 19.4 Å². The van der Waals surface area contributed by atoms with Crippen molar-refractivity contribution >= 4 is 12.0 Å². The molecular formula is C14H19N3O3. The lowest BCUT2D eigenvalue weighted by Crippen LogP contribution is -2.55. The van der Waals surface area contributed by atoms with Gasteiger partial charge in [0.25, 0.3) is 0 Å². The van der Waals surface area contributed by atoms with Crippen molar-refractivity contribution in [2.75, 3.05) is 0 Å². The molecule has 2 rings (SSSR count). The Morgan fingerprint density at radius 2 is 2.10 bits per heavy atom. The number of aryl methyl sites for hydroxylation is 1. The van der Waals surface area contributed by atoms with E-state index in [1.165, 1.54) is 0 Å². The second-order valence-corrected chi connectivity index (χ2v) is 5.20. The quantitative estimate of drug-likeness (QED) is 0.779. The summed E-state index contributed by atoms with van der Waals surface area (Å²) in [4.78, 5) is 27.2. The first-order chi connectivity index (χ1) is 9.53. The van der Waals surface area contributed by atoms with E-state index in [0.717, 1.165) is 24.0 Å². The standard InChI is InChI=1S/C14H19N3O3/c1-10-8-15-7-4-11(10)9-16-13(20)17-14(12(18)19)5-2-3-6-14/h4,7-8H,2-3,5-6,9H2,1H3,(H,18,19)(H2,16,17,20). The van der Waals surface area contributed by atoms with Crippen molar-refractivity contribution in [3.05, 3.63) is 29.6 Å². The molecule has 2 amide bonds. The topological polar surface area (TPSA) is 91.3 Å². The predicted molar refractivity (Wildman–Crippen MR) is 73.2 cm³/mol. The van der Waals surface area contributed by atoms with Gasteiger partial charge in [0, 0.05) is 18.9 Å². The molecule has 0 aromatic carbocycles. The van der Waals surface area contributed by atoms with Crippen molar-refractivity contribution in [2.24, 2.45) is 0 Å². The summed E-state index contributed by atoms with van der Waals surface area (Å²) in [5, 5.41) is 14.6. The highest BCUT2D eigenvalue weighted by molar-refractivity contribution is 5.86. The Kier molecular flexibility index (Phi) is 4.22. The van der Waals surface area contributed by atoms with Gasteiger partial charge >= 0.3 is 12.0 Å². The van der Waals surface area contributed by atoms with Crippen LogP contribution in [0, 0.1) is 6.92 Å². The number of nitrogens with one attached hydrogen (secondary N) is 2. The normalized spacial score (nSPS) is 16.6. The molecule has 6 nitrogen and oxygen atoms in total. The van der Waals surface area contributed by atoms with Crippen molar-refractivity contribution in [1.82, 2.24) is 15.6 Å². The highest BCUT2D eigenvalue weighted by Gasteiger charge is 2.42. The SMILES string of the molecule is Cc1cnccc1CNC(=O)NC1(C(=O)O)CCCC1. The van der Waals surface area contributed by atoms with E-state index < -0.39 is 17.5 Å². The van der Waals surface area contributed by atoms with Crippen molar-refractivity contribution in [2.45, 2.75) is 44.7 Å². The molecule has 0 atom stereocenters. The third-order valence-corrected chi connectivity index (χ3v) is 3.80. The summed E-state index contributed by atoms with van der Waals surface area (Å²) in [7, 11) is 0. The zero-order valence-electron chi connectivity index (χ0n) is 11.5. The minimum absolute atomic E-state index is 0.357. The molecule has 0 radical (unpaired) electrons. The maximum atomic E-state index is 11.9. The fourth-order valence-corrected chi connectivity index (χ4v) is 2.51. The van der Waals surface area contributed by atoms with Crippen molar-refractivity contribution in [1.29, 1.82) is 0 Å². The summed E-state index contributed by atoms with van der Waals surface area (Å²) in [6.45, 7) is 2.27. The van der Waals surface area contributed by atoms with E-state index >= 15 is 0 Å². The van der Waals surface area contributed by atoms with Crippen LogP contribution in [0.3, 0.4) is 0 Å². The van der Waals surface area contributed by atoms with Crippen LogP contribution in [0.15, 0.2) is 18.5 Å². The number of carboxylic acids is 1. The summed E-state index contributed by atoms with van der Waals surface area (Å²) >= 11 is 0. The van der Waals surface area contributed by atoms with Crippen LogP contribution in [0.2, 0.25) is 0 Å². The number of carbonyl (C=O) groups is 2. The third-order valence-electron chi connectivity index (χ3n) is 3.80. The van der Waals surface area contributed by atoms with Crippen LogP contribution in [-0.4, -0.2) is 27.6 Å². The zero-order chi connectivity index (χ0) is 14.6. The summed E-state index contributed by atoms with van der Waals surface area (Å²) in [6, 6.07) is 1.39. The van der Waals surface area contributed by atoms with Gasteiger partial charge in [-0.3, -0.25) is 4.98 Å². The van der Waals surface area contributed by atoms with Crippen molar-refractivity contribution in [3.63, 3.8) is 0 Å². The number of carbonyl (C=O) groups excluding carboxylic acids is 1. The Bertz CT molecular complexity index is 510. The largest absolute Gasteiger partial charge is 0.480 e. The van der Waals surface area contributed by atoms with Crippen molar-refractivity contribution < 1.29 is 14.7 Å². The van der Waals surface area contributed by atoms with Crippen LogP contribution in [0.4, 0.5) is 4.79 Å². The second-order valence-electron chi connectivity index (χ2n) is 5.20. The van der Waals surface area contributed by atoms with E-state index in [1.807, 2.05) is 13.0 Å². The Balaban J connectivity index is 1.92. The number of hydrogen-bond acceptors (Lipinski definition) is 3. The highest BCUT2D eigenvalue weighted by atomic mass is 16.4. The fraction of sp³-hybridized carbons (Fsp3) is 0.500. The first-order valence-corrected chi connectivity index (χ1v) is 6.72. The Labute approximate surface area is 117 Å². The third kappa shape index (κ3) is 3.07. The van der Waals surface area contributed by atoms with Gasteiger partial charge in [0.05, 0.1) is 0 Å². The molecule has 108 valence electrons. The molecule has 1 aromatic heterocycles. The Hall–Kier alpha value is -2.11. The summed E-state index contributed by atoms with van der Waals surface area (Å²) in [6.07, 6.45) is 6.03. The number of amides is 2. The highest BCUT2D eigenvalue weighted by Crippen LogP contribution is 2.29. The van der Waals surface area contributed by atoms with E-state index in [2.05, 4.69) is 15.6 Å². The smallest absolute Gasteiger partial charge is 0.329 e. The van der Waals surface area contributed by atoms with E-state index in [1.54, 1.807) is 12.4 Å². The predicted octanol–water partition coefficient (Wildman–Crippen LogP) is 1.59. The lowest BCUT2D eigenvalue weighted by Gasteiger charge is -2.25. The van der Waals surface area contributed by atoms with Gasteiger partial charge in [-0.05, 0) is 37.0 Å². The van der Waals surface area contributed by atoms with Crippen LogP contribution in [0.5, 0.6) is 0 Å². The molecule has 0 saturated heterocycles. The van der Waals surface area contributed by atoms with E-state index in [9.17, 15) is 14.7 Å². The number of urea groups is 1. The molecule has 1 fully saturated rings. The second kappa shape index (κ2) is 5.90. The molecule has 1 aliphatic rings. The van der Waals surface area contributed by atoms with Gasteiger partial charge in [0.15, 0.2) is 0 Å². The van der Waals surface area contributed by atoms with E-state index in [4.69, 9.17) is 0 Å². The summed E-state index contributed by atoms with van der Waals surface area (Å²) < 4.78 is 0. The molecule has 6 heteroatoms. The molecule has 20 heavy (non-hydrogen) atoms. The number of nitrogens with zero attached hydrogens (tertiary/aromatic N) is 1. The summed E-state index contributed by atoms with van der Waals surface area (Å²) in [5.41, 5.74) is 0.852.